The maximum absolute atomic E-state index is 9.89. The van der Waals surface area contributed by atoms with E-state index in [1.807, 2.05) is 44.2 Å². The molecule has 1 nitrogen and oxygen atoms in total. The summed E-state index contributed by atoms with van der Waals surface area (Å²) in [7, 11) is 0. The summed E-state index contributed by atoms with van der Waals surface area (Å²) >= 11 is 0. The van der Waals surface area contributed by atoms with Crippen LogP contribution in [0.15, 0.2) is 42.5 Å². The van der Waals surface area contributed by atoms with Crippen molar-refractivity contribution >= 4 is 0 Å². The predicted molar refractivity (Wildman–Crippen MR) is 60.2 cm³/mol. The molecule has 0 heterocycles. The Hall–Kier alpha value is -1.08. The smallest absolute Gasteiger partial charge is 0.0802 e. The molecule has 0 radical (unpaired) electrons. The van der Waals surface area contributed by atoms with Gasteiger partial charge in [-0.25, -0.2) is 0 Å². The SMILES string of the molecule is C/C=C\C(C)(O)CCc1ccccc1. The Morgan fingerprint density at radius 2 is 1.93 bits per heavy atom. The molecule has 0 aliphatic rings. The van der Waals surface area contributed by atoms with Crippen molar-refractivity contribution in [3.63, 3.8) is 0 Å². The number of benzene rings is 1. The molecule has 0 amide bonds. The number of rotatable bonds is 4. The molecule has 1 unspecified atom stereocenters. The van der Waals surface area contributed by atoms with E-state index in [0.717, 1.165) is 12.8 Å². The molecule has 1 aromatic carbocycles. The van der Waals surface area contributed by atoms with Crippen molar-refractivity contribution in [1.29, 1.82) is 0 Å². The molecule has 0 spiro atoms. The first-order valence-corrected chi connectivity index (χ1v) is 5.04. The Morgan fingerprint density at radius 3 is 2.50 bits per heavy atom. The summed E-state index contributed by atoms with van der Waals surface area (Å²) in [6, 6.07) is 10.2. The maximum atomic E-state index is 9.89. The number of hydrogen-bond donors (Lipinski definition) is 1. The molecule has 0 aromatic heterocycles. The topological polar surface area (TPSA) is 20.2 Å². The first-order valence-electron chi connectivity index (χ1n) is 5.04. The van der Waals surface area contributed by atoms with Gasteiger partial charge in [-0.05, 0) is 32.3 Å². The van der Waals surface area contributed by atoms with E-state index in [1.54, 1.807) is 0 Å². The lowest BCUT2D eigenvalue weighted by Crippen LogP contribution is -2.21. The van der Waals surface area contributed by atoms with Crippen LogP contribution >= 0.6 is 0 Å². The summed E-state index contributed by atoms with van der Waals surface area (Å²) in [4.78, 5) is 0. The minimum atomic E-state index is -0.676. The molecule has 1 heteroatoms. The molecule has 76 valence electrons. The average molecular weight is 190 g/mol. The van der Waals surface area contributed by atoms with E-state index in [9.17, 15) is 5.11 Å². The molecular formula is C13H18O. The molecular weight excluding hydrogens is 172 g/mol. The summed E-state index contributed by atoms with van der Waals surface area (Å²) in [5, 5.41) is 9.89. The highest BCUT2D eigenvalue weighted by molar-refractivity contribution is 5.15. The van der Waals surface area contributed by atoms with E-state index in [1.165, 1.54) is 5.56 Å². The summed E-state index contributed by atoms with van der Waals surface area (Å²) in [5.74, 6) is 0. The number of hydrogen-bond acceptors (Lipinski definition) is 1. The highest BCUT2D eigenvalue weighted by atomic mass is 16.3. The Morgan fingerprint density at radius 1 is 1.29 bits per heavy atom. The Balaban J connectivity index is 2.49. The van der Waals surface area contributed by atoms with E-state index in [-0.39, 0.29) is 0 Å². The molecule has 1 N–H and O–H groups in total. The van der Waals surface area contributed by atoms with Crippen molar-refractivity contribution in [2.75, 3.05) is 0 Å². The van der Waals surface area contributed by atoms with Crippen LogP contribution in [0.3, 0.4) is 0 Å². The standard InChI is InChI=1S/C13H18O/c1-3-10-13(2,14)11-9-12-7-5-4-6-8-12/h3-8,10,14H,9,11H2,1-2H3/b10-3-. The molecule has 14 heavy (non-hydrogen) atoms. The molecule has 0 saturated heterocycles. The minimum Gasteiger partial charge on any atom is -0.386 e. The summed E-state index contributed by atoms with van der Waals surface area (Å²) in [6.45, 7) is 3.77. The van der Waals surface area contributed by atoms with Gasteiger partial charge in [0, 0.05) is 0 Å². The van der Waals surface area contributed by atoms with Crippen LogP contribution in [0.4, 0.5) is 0 Å². The second-order valence-corrected chi connectivity index (χ2v) is 3.84. The number of aryl methyl sites for hydroxylation is 1. The molecule has 1 rings (SSSR count). The molecule has 0 aliphatic carbocycles. The van der Waals surface area contributed by atoms with Gasteiger partial charge in [0.25, 0.3) is 0 Å². The fourth-order valence-electron chi connectivity index (χ4n) is 1.48. The lowest BCUT2D eigenvalue weighted by Gasteiger charge is -2.18. The van der Waals surface area contributed by atoms with Gasteiger partial charge < -0.3 is 5.11 Å². The normalized spacial score (nSPS) is 15.6. The van der Waals surface area contributed by atoms with Crippen molar-refractivity contribution in [2.45, 2.75) is 32.3 Å². The van der Waals surface area contributed by atoms with Crippen molar-refractivity contribution < 1.29 is 5.11 Å². The molecule has 0 fully saturated rings. The zero-order chi connectivity index (χ0) is 10.4. The van der Waals surface area contributed by atoms with Crippen LogP contribution in [0.2, 0.25) is 0 Å². The maximum Gasteiger partial charge on any atom is 0.0802 e. The third-order valence-electron chi connectivity index (χ3n) is 2.29. The van der Waals surface area contributed by atoms with E-state index in [2.05, 4.69) is 12.1 Å². The predicted octanol–water partition coefficient (Wildman–Crippen LogP) is 2.95. The molecule has 0 saturated carbocycles. The van der Waals surface area contributed by atoms with Crippen LogP contribution in [0.1, 0.15) is 25.8 Å². The molecule has 0 bridgehead atoms. The van der Waals surface area contributed by atoms with Crippen LogP contribution in [-0.4, -0.2) is 10.7 Å². The van der Waals surface area contributed by atoms with E-state index in [0.29, 0.717) is 0 Å². The van der Waals surface area contributed by atoms with Gasteiger partial charge in [0.05, 0.1) is 5.60 Å². The fraction of sp³-hybridized carbons (Fsp3) is 0.385. The second kappa shape index (κ2) is 4.97. The third-order valence-corrected chi connectivity index (χ3v) is 2.29. The van der Waals surface area contributed by atoms with E-state index >= 15 is 0 Å². The Kier molecular flexibility index (Phi) is 3.90. The largest absolute Gasteiger partial charge is 0.386 e. The number of aliphatic hydroxyl groups is 1. The third kappa shape index (κ3) is 3.75. The van der Waals surface area contributed by atoms with Gasteiger partial charge in [-0.3, -0.25) is 0 Å². The van der Waals surface area contributed by atoms with Gasteiger partial charge in [0.15, 0.2) is 0 Å². The Labute approximate surface area is 86.1 Å². The van der Waals surface area contributed by atoms with Crippen LogP contribution in [0.25, 0.3) is 0 Å². The van der Waals surface area contributed by atoms with Crippen molar-refractivity contribution in [1.82, 2.24) is 0 Å². The zero-order valence-electron chi connectivity index (χ0n) is 8.90. The van der Waals surface area contributed by atoms with Gasteiger partial charge >= 0.3 is 0 Å². The van der Waals surface area contributed by atoms with Gasteiger partial charge in [0.1, 0.15) is 0 Å². The zero-order valence-corrected chi connectivity index (χ0v) is 8.90. The first kappa shape index (κ1) is 11.0. The van der Waals surface area contributed by atoms with Gasteiger partial charge in [-0.15, -0.1) is 0 Å². The lowest BCUT2D eigenvalue weighted by atomic mass is 9.96. The van der Waals surface area contributed by atoms with Gasteiger partial charge in [-0.1, -0.05) is 42.5 Å². The van der Waals surface area contributed by atoms with Crippen molar-refractivity contribution in [3.05, 3.63) is 48.0 Å². The number of allylic oxidation sites excluding steroid dienone is 1. The summed E-state index contributed by atoms with van der Waals surface area (Å²) < 4.78 is 0. The van der Waals surface area contributed by atoms with Crippen LogP contribution < -0.4 is 0 Å². The summed E-state index contributed by atoms with van der Waals surface area (Å²) in [5.41, 5.74) is 0.599. The molecule has 1 aromatic rings. The quantitative estimate of drug-likeness (QED) is 0.724. The van der Waals surface area contributed by atoms with E-state index in [4.69, 9.17) is 0 Å². The highest BCUT2D eigenvalue weighted by Gasteiger charge is 2.14. The lowest BCUT2D eigenvalue weighted by molar-refractivity contribution is 0.102. The van der Waals surface area contributed by atoms with Crippen molar-refractivity contribution in [2.24, 2.45) is 0 Å². The van der Waals surface area contributed by atoms with Gasteiger partial charge in [-0.2, -0.15) is 0 Å². The minimum absolute atomic E-state index is 0.676. The average Bonchev–Trinajstić information content (AvgIpc) is 2.17. The van der Waals surface area contributed by atoms with Crippen LogP contribution in [0.5, 0.6) is 0 Å². The highest BCUT2D eigenvalue weighted by Crippen LogP contribution is 2.15. The summed E-state index contributed by atoms with van der Waals surface area (Å²) in [6.07, 6.45) is 5.42. The molecule has 0 aliphatic heterocycles. The monoisotopic (exact) mass is 190 g/mol. The van der Waals surface area contributed by atoms with Crippen LogP contribution in [0, 0.1) is 0 Å². The second-order valence-electron chi connectivity index (χ2n) is 3.84. The fourth-order valence-corrected chi connectivity index (χ4v) is 1.48. The first-order chi connectivity index (χ1) is 6.64. The molecule has 1 atom stereocenters. The van der Waals surface area contributed by atoms with Gasteiger partial charge in [0.2, 0.25) is 0 Å². The Bertz CT molecular complexity index is 285. The van der Waals surface area contributed by atoms with Crippen molar-refractivity contribution in [3.8, 4) is 0 Å². The van der Waals surface area contributed by atoms with Crippen LogP contribution in [-0.2, 0) is 6.42 Å². The van der Waals surface area contributed by atoms with E-state index < -0.39 is 5.60 Å².